The van der Waals surface area contributed by atoms with Crippen LogP contribution in [0.1, 0.15) is 15.9 Å². The lowest BCUT2D eigenvalue weighted by Gasteiger charge is -2.28. The van der Waals surface area contributed by atoms with Crippen molar-refractivity contribution in [3.8, 4) is 5.69 Å². The van der Waals surface area contributed by atoms with Gasteiger partial charge >= 0.3 is 0 Å². The molecule has 0 saturated carbocycles. The topological polar surface area (TPSA) is 103 Å². The average Bonchev–Trinajstić information content (AvgIpc) is 3.34. The van der Waals surface area contributed by atoms with E-state index in [0.717, 1.165) is 11.3 Å². The van der Waals surface area contributed by atoms with Gasteiger partial charge in [-0.1, -0.05) is 12.1 Å². The third kappa shape index (κ3) is 4.89. The van der Waals surface area contributed by atoms with Crippen LogP contribution in [0.2, 0.25) is 0 Å². The highest BCUT2D eigenvalue weighted by Crippen LogP contribution is 2.29. The highest BCUT2D eigenvalue weighted by molar-refractivity contribution is 5.95. The van der Waals surface area contributed by atoms with Crippen LogP contribution in [0.15, 0.2) is 60.9 Å². The number of morpholine rings is 1. The van der Waals surface area contributed by atoms with E-state index in [1.807, 2.05) is 41.4 Å². The molecule has 0 atom stereocenters. The average molecular weight is 421 g/mol. The van der Waals surface area contributed by atoms with Gasteiger partial charge in [0.05, 0.1) is 23.8 Å². The number of nitro groups is 1. The Morgan fingerprint density at radius 2 is 1.94 bits per heavy atom. The molecule has 3 aromatic rings. The Hall–Kier alpha value is -3.72. The summed E-state index contributed by atoms with van der Waals surface area (Å²) in [5.41, 5.74) is 2.76. The van der Waals surface area contributed by atoms with E-state index < -0.39 is 4.92 Å². The molecule has 1 saturated heterocycles. The van der Waals surface area contributed by atoms with Crippen LogP contribution >= 0.6 is 0 Å². The first-order valence-corrected chi connectivity index (χ1v) is 10.1. The van der Waals surface area contributed by atoms with Crippen molar-refractivity contribution in [2.75, 3.05) is 37.7 Å². The second kappa shape index (κ2) is 9.40. The third-order valence-electron chi connectivity index (χ3n) is 5.19. The molecule has 4 rings (SSSR count). The minimum atomic E-state index is -0.442. The SMILES string of the molecule is O=C(NCCc1ccc(-n2cccn2)cc1)c1ccc(N2CCOCC2)c([N+](=O)[O-])c1. The van der Waals surface area contributed by atoms with Crippen LogP contribution in [-0.2, 0) is 11.2 Å². The number of hydrogen-bond donors (Lipinski definition) is 1. The molecule has 0 spiro atoms. The summed E-state index contributed by atoms with van der Waals surface area (Å²) in [4.78, 5) is 25.6. The van der Waals surface area contributed by atoms with Gasteiger partial charge in [-0.2, -0.15) is 5.10 Å². The van der Waals surface area contributed by atoms with Crippen molar-refractivity contribution in [2.45, 2.75) is 6.42 Å². The molecule has 9 heteroatoms. The lowest BCUT2D eigenvalue weighted by Crippen LogP contribution is -2.36. The van der Waals surface area contributed by atoms with Crippen molar-refractivity contribution < 1.29 is 14.5 Å². The molecule has 1 fully saturated rings. The number of nitrogens with zero attached hydrogens (tertiary/aromatic N) is 4. The Morgan fingerprint density at radius 3 is 2.61 bits per heavy atom. The van der Waals surface area contributed by atoms with Crippen LogP contribution in [0, 0.1) is 10.1 Å². The standard InChI is InChI=1S/C22H23N5O4/c28-22(23-10-8-17-2-5-19(6-3-17)26-11-1-9-24-26)18-4-7-20(21(16-18)27(29)30)25-12-14-31-15-13-25/h1-7,9,11,16H,8,10,12-15H2,(H,23,28). The Balaban J connectivity index is 1.37. The Labute approximate surface area is 179 Å². The predicted molar refractivity (Wildman–Crippen MR) is 116 cm³/mol. The van der Waals surface area contributed by atoms with Crippen LogP contribution in [0.5, 0.6) is 0 Å². The molecule has 2 heterocycles. The summed E-state index contributed by atoms with van der Waals surface area (Å²) in [6, 6.07) is 14.4. The van der Waals surface area contributed by atoms with Crippen molar-refractivity contribution in [3.63, 3.8) is 0 Å². The van der Waals surface area contributed by atoms with E-state index in [-0.39, 0.29) is 17.2 Å². The van der Waals surface area contributed by atoms with Gasteiger partial charge in [-0.3, -0.25) is 14.9 Å². The molecule has 1 amide bonds. The largest absolute Gasteiger partial charge is 0.378 e. The summed E-state index contributed by atoms with van der Waals surface area (Å²) >= 11 is 0. The highest BCUT2D eigenvalue weighted by atomic mass is 16.6. The van der Waals surface area contributed by atoms with E-state index in [0.29, 0.717) is 45.0 Å². The zero-order valence-corrected chi connectivity index (χ0v) is 16.9. The molecule has 160 valence electrons. The molecule has 0 bridgehead atoms. The predicted octanol–water partition coefficient (Wildman–Crippen LogP) is 2.59. The van der Waals surface area contributed by atoms with Gasteiger partial charge < -0.3 is 15.0 Å². The van der Waals surface area contributed by atoms with Crippen LogP contribution in [-0.4, -0.2) is 53.5 Å². The van der Waals surface area contributed by atoms with Crippen LogP contribution in [0.25, 0.3) is 5.69 Å². The van der Waals surface area contributed by atoms with Gasteiger partial charge in [-0.25, -0.2) is 4.68 Å². The summed E-state index contributed by atoms with van der Waals surface area (Å²) < 4.78 is 7.09. The zero-order chi connectivity index (χ0) is 21.6. The summed E-state index contributed by atoms with van der Waals surface area (Å²) in [5, 5.41) is 18.6. The number of nitro benzene ring substituents is 1. The van der Waals surface area contributed by atoms with Crippen LogP contribution in [0.3, 0.4) is 0 Å². The number of hydrogen-bond acceptors (Lipinski definition) is 6. The number of carbonyl (C=O) groups excluding carboxylic acids is 1. The number of rotatable bonds is 7. The van der Waals surface area contributed by atoms with Gasteiger partial charge in [0.25, 0.3) is 11.6 Å². The summed E-state index contributed by atoms with van der Waals surface area (Å²) in [6.45, 7) is 2.67. The smallest absolute Gasteiger partial charge is 0.293 e. The van der Waals surface area contributed by atoms with Crippen molar-refractivity contribution in [2.24, 2.45) is 0 Å². The monoisotopic (exact) mass is 421 g/mol. The first-order valence-electron chi connectivity index (χ1n) is 10.1. The van der Waals surface area contributed by atoms with Crippen molar-refractivity contribution in [1.29, 1.82) is 0 Å². The fourth-order valence-electron chi connectivity index (χ4n) is 3.54. The number of anilines is 1. The maximum atomic E-state index is 12.5. The van der Waals surface area contributed by atoms with Crippen molar-refractivity contribution in [3.05, 3.63) is 82.2 Å². The third-order valence-corrected chi connectivity index (χ3v) is 5.19. The summed E-state index contributed by atoms with van der Waals surface area (Å²) in [7, 11) is 0. The molecule has 0 unspecified atom stereocenters. The Morgan fingerprint density at radius 1 is 1.16 bits per heavy atom. The number of ether oxygens (including phenoxy) is 1. The minimum absolute atomic E-state index is 0.0660. The minimum Gasteiger partial charge on any atom is -0.378 e. The zero-order valence-electron chi connectivity index (χ0n) is 16.9. The fraction of sp³-hybridized carbons (Fsp3) is 0.273. The molecular weight excluding hydrogens is 398 g/mol. The van der Waals surface area contributed by atoms with Crippen molar-refractivity contribution in [1.82, 2.24) is 15.1 Å². The van der Waals surface area contributed by atoms with Crippen LogP contribution < -0.4 is 10.2 Å². The Kier molecular flexibility index (Phi) is 6.23. The first kappa shape index (κ1) is 20.5. The molecule has 9 nitrogen and oxygen atoms in total. The molecule has 1 aromatic heterocycles. The molecule has 1 N–H and O–H groups in total. The first-order chi connectivity index (χ1) is 15.1. The fourth-order valence-corrected chi connectivity index (χ4v) is 3.54. The number of carbonyl (C=O) groups is 1. The second-order valence-corrected chi connectivity index (χ2v) is 7.18. The van der Waals surface area contributed by atoms with Gasteiger partial charge in [-0.05, 0) is 42.3 Å². The van der Waals surface area contributed by atoms with E-state index in [9.17, 15) is 14.9 Å². The van der Waals surface area contributed by atoms with E-state index in [4.69, 9.17) is 4.74 Å². The van der Waals surface area contributed by atoms with E-state index >= 15 is 0 Å². The maximum absolute atomic E-state index is 12.5. The number of nitrogens with one attached hydrogen (secondary N) is 1. The quantitative estimate of drug-likeness (QED) is 0.465. The summed E-state index contributed by atoms with van der Waals surface area (Å²) in [5.74, 6) is -0.329. The highest BCUT2D eigenvalue weighted by Gasteiger charge is 2.23. The van der Waals surface area contributed by atoms with Gasteiger partial charge in [-0.15, -0.1) is 0 Å². The van der Waals surface area contributed by atoms with Crippen molar-refractivity contribution >= 4 is 17.3 Å². The molecule has 1 aliphatic heterocycles. The maximum Gasteiger partial charge on any atom is 0.293 e. The number of benzene rings is 2. The van der Waals surface area contributed by atoms with E-state index in [1.165, 1.54) is 6.07 Å². The van der Waals surface area contributed by atoms with E-state index in [2.05, 4.69) is 10.4 Å². The van der Waals surface area contributed by atoms with Gasteiger partial charge in [0.2, 0.25) is 0 Å². The lowest BCUT2D eigenvalue weighted by molar-refractivity contribution is -0.384. The molecule has 0 aliphatic carbocycles. The summed E-state index contributed by atoms with van der Waals surface area (Å²) in [6.07, 6.45) is 4.25. The molecule has 1 aliphatic rings. The molecular formula is C22H23N5O4. The lowest BCUT2D eigenvalue weighted by atomic mass is 10.1. The van der Waals surface area contributed by atoms with Crippen LogP contribution in [0.4, 0.5) is 11.4 Å². The Bertz CT molecular complexity index is 1040. The number of amides is 1. The van der Waals surface area contributed by atoms with E-state index in [1.54, 1.807) is 23.0 Å². The molecule has 0 radical (unpaired) electrons. The molecule has 2 aromatic carbocycles. The van der Waals surface area contributed by atoms with Gasteiger partial charge in [0.15, 0.2) is 0 Å². The number of aromatic nitrogens is 2. The van der Waals surface area contributed by atoms with Gasteiger partial charge in [0.1, 0.15) is 5.69 Å². The second-order valence-electron chi connectivity index (χ2n) is 7.18. The normalized spacial score (nSPS) is 13.7. The van der Waals surface area contributed by atoms with Gasteiger partial charge in [0, 0.05) is 43.7 Å². The molecule has 31 heavy (non-hydrogen) atoms.